The molecule has 0 aromatic carbocycles. The molecule has 0 aromatic heterocycles. The lowest BCUT2D eigenvalue weighted by molar-refractivity contribution is -0.150. The highest BCUT2D eigenvalue weighted by Gasteiger charge is 2.30. The molecule has 4 heteroatoms. The Morgan fingerprint density at radius 1 is 1.36 bits per heavy atom. The third-order valence-corrected chi connectivity index (χ3v) is 2.27. The first-order valence-corrected chi connectivity index (χ1v) is 4.46. The van der Waals surface area contributed by atoms with Crippen LogP contribution < -0.4 is 0 Å². The molecule has 0 aromatic rings. The van der Waals surface area contributed by atoms with Gasteiger partial charge in [-0.15, -0.1) is 11.8 Å². The van der Waals surface area contributed by atoms with Crippen LogP contribution in [0.25, 0.3) is 0 Å². The Kier molecular flexibility index (Phi) is 2.34. The molecule has 0 N–H and O–H groups in total. The van der Waals surface area contributed by atoms with Crippen LogP contribution in [0.15, 0.2) is 10.5 Å². The lowest BCUT2D eigenvalue weighted by Gasteiger charge is -1.91. The van der Waals surface area contributed by atoms with Crippen molar-refractivity contribution in [2.24, 2.45) is 0 Å². The van der Waals surface area contributed by atoms with Gasteiger partial charge in [0.25, 0.3) is 0 Å². The van der Waals surface area contributed by atoms with Crippen LogP contribution >= 0.6 is 11.8 Å². The van der Waals surface area contributed by atoms with Gasteiger partial charge in [-0.2, -0.15) is 0 Å². The summed E-state index contributed by atoms with van der Waals surface area (Å²) in [5, 5.41) is 0. The summed E-state index contributed by atoms with van der Waals surface area (Å²) >= 11 is 1.26. The quantitative estimate of drug-likeness (QED) is 0.462. The van der Waals surface area contributed by atoms with Crippen LogP contribution in [0.1, 0.15) is 13.3 Å². The van der Waals surface area contributed by atoms with Gasteiger partial charge in [0.2, 0.25) is 0 Å². The molecule has 0 bridgehead atoms. The van der Waals surface area contributed by atoms with Crippen LogP contribution in [0.4, 0.5) is 0 Å². The second-order valence-corrected chi connectivity index (χ2v) is 2.86. The summed E-state index contributed by atoms with van der Waals surface area (Å²) in [6.07, 6.45) is 2.31. The van der Waals surface area contributed by atoms with E-state index in [-0.39, 0.29) is 0 Å². The van der Waals surface area contributed by atoms with Crippen molar-refractivity contribution < 1.29 is 14.3 Å². The topological polar surface area (TPSA) is 43.4 Å². The van der Waals surface area contributed by atoms with Gasteiger partial charge in [-0.1, -0.05) is 6.92 Å². The Morgan fingerprint density at radius 2 is 2.00 bits per heavy atom. The number of hydrogen-bond donors (Lipinski definition) is 0. The summed E-state index contributed by atoms with van der Waals surface area (Å²) in [6.45, 7) is 1.82. The van der Waals surface area contributed by atoms with Crippen LogP contribution in [0, 0.1) is 0 Å². The monoisotopic (exact) mass is 172 g/mol. The lowest BCUT2D eigenvalue weighted by atomic mass is 10.2. The highest BCUT2D eigenvalue weighted by molar-refractivity contribution is 8.03. The summed E-state index contributed by atoms with van der Waals surface area (Å²) < 4.78 is 4.40. The minimum atomic E-state index is -0.501. The normalized spacial score (nSPS) is 17.6. The van der Waals surface area contributed by atoms with Gasteiger partial charge in [0, 0.05) is 0 Å². The maximum absolute atomic E-state index is 10.9. The van der Waals surface area contributed by atoms with Gasteiger partial charge in [0.15, 0.2) is 0 Å². The van der Waals surface area contributed by atoms with E-state index in [0.29, 0.717) is 16.9 Å². The number of rotatable bonds is 2. The average Bonchev–Trinajstić information content (AvgIpc) is 2.24. The van der Waals surface area contributed by atoms with E-state index in [1.165, 1.54) is 11.8 Å². The summed E-state index contributed by atoms with van der Waals surface area (Å²) in [4.78, 5) is 22.2. The highest BCUT2D eigenvalue weighted by Crippen LogP contribution is 2.27. The third kappa shape index (κ3) is 1.30. The molecule has 0 saturated heterocycles. The molecule has 3 nitrogen and oxygen atoms in total. The molecule has 0 atom stereocenters. The van der Waals surface area contributed by atoms with Gasteiger partial charge >= 0.3 is 11.9 Å². The fraction of sp³-hybridized carbons (Fsp3) is 0.429. The Hall–Kier alpha value is -0.770. The Balaban J connectivity index is 3.02. The van der Waals surface area contributed by atoms with Gasteiger partial charge in [-0.05, 0) is 12.7 Å². The molecule has 0 radical (unpaired) electrons. The minimum Gasteiger partial charge on any atom is -0.386 e. The van der Waals surface area contributed by atoms with Crippen molar-refractivity contribution in [3.63, 3.8) is 0 Å². The Bertz CT molecular complexity index is 218. The van der Waals surface area contributed by atoms with Gasteiger partial charge in [0.05, 0.1) is 5.57 Å². The molecular weight excluding hydrogens is 164 g/mol. The van der Waals surface area contributed by atoms with Crippen molar-refractivity contribution in [2.75, 3.05) is 6.26 Å². The number of esters is 2. The fourth-order valence-corrected chi connectivity index (χ4v) is 1.60. The summed E-state index contributed by atoms with van der Waals surface area (Å²) in [5.74, 6) is -0.985. The first-order chi connectivity index (χ1) is 5.20. The van der Waals surface area contributed by atoms with Crippen LogP contribution in [0.5, 0.6) is 0 Å². The molecule has 0 fully saturated rings. The molecule has 1 aliphatic heterocycles. The van der Waals surface area contributed by atoms with E-state index in [9.17, 15) is 9.59 Å². The maximum atomic E-state index is 10.9. The van der Waals surface area contributed by atoms with Crippen molar-refractivity contribution in [1.82, 2.24) is 0 Å². The van der Waals surface area contributed by atoms with E-state index in [0.717, 1.165) is 0 Å². The molecule has 0 spiro atoms. The second kappa shape index (κ2) is 3.09. The molecule has 0 amide bonds. The van der Waals surface area contributed by atoms with Crippen LogP contribution in [-0.2, 0) is 14.3 Å². The first kappa shape index (κ1) is 8.33. The number of hydrogen-bond acceptors (Lipinski definition) is 4. The minimum absolute atomic E-state index is 0.456. The summed E-state index contributed by atoms with van der Waals surface area (Å²) in [5.41, 5.74) is 0.502. The molecule has 0 saturated carbocycles. The predicted octanol–water partition coefficient (Wildman–Crippen LogP) is 1.10. The summed E-state index contributed by atoms with van der Waals surface area (Å²) in [7, 11) is 0. The molecule has 1 aliphatic rings. The van der Waals surface area contributed by atoms with Crippen molar-refractivity contribution in [2.45, 2.75) is 13.3 Å². The molecule has 0 aliphatic carbocycles. The standard InChI is InChI=1S/C7H8O3S/c1-3-4-5(11-2)7(9)10-6(4)8/h3H2,1-2H3. The van der Waals surface area contributed by atoms with E-state index in [2.05, 4.69) is 4.74 Å². The largest absolute Gasteiger partial charge is 0.386 e. The highest BCUT2D eigenvalue weighted by atomic mass is 32.2. The molecule has 11 heavy (non-hydrogen) atoms. The van der Waals surface area contributed by atoms with Crippen LogP contribution in [0.3, 0.4) is 0 Å². The second-order valence-electron chi connectivity index (χ2n) is 2.04. The number of carbonyl (C=O) groups excluding carboxylic acids is 2. The third-order valence-electron chi connectivity index (χ3n) is 1.45. The van der Waals surface area contributed by atoms with Crippen LogP contribution in [-0.4, -0.2) is 18.2 Å². The van der Waals surface area contributed by atoms with Gasteiger partial charge in [-0.3, -0.25) is 0 Å². The van der Waals surface area contributed by atoms with E-state index in [1.807, 2.05) is 6.92 Å². The zero-order valence-corrected chi connectivity index (χ0v) is 7.16. The molecule has 0 unspecified atom stereocenters. The van der Waals surface area contributed by atoms with Crippen molar-refractivity contribution in [1.29, 1.82) is 0 Å². The fourth-order valence-electron chi connectivity index (χ4n) is 0.919. The smallest absolute Gasteiger partial charge is 0.353 e. The first-order valence-electron chi connectivity index (χ1n) is 3.24. The average molecular weight is 172 g/mol. The van der Waals surface area contributed by atoms with Gasteiger partial charge in [-0.25, -0.2) is 9.59 Å². The van der Waals surface area contributed by atoms with E-state index in [1.54, 1.807) is 6.26 Å². The number of ether oxygens (including phenoxy) is 1. The van der Waals surface area contributed by atoms with Crippen LogP contribution in [0.2, 0.25) is 0 Å². The van der Waals surface area contributed by atoms with Crippen molar-refractivity contribution >= 4 is 23.7 Å². The zero-order valence-electron chi connectivity index (χ0n) is 6.34. The number of carbonyl (C=O) groups is 2. The molecule has 60 valence electrons. The zero-order chi connectivity index (χ0) is 8.43. The molecule has 1 rings (SSSR count). The van der Waals surface area contributed by atoms with E-state index >= 15 is 0 Å². The molecule has 1 heterocycles. The molecular formula is C7H8O3S. The number of thioether (sulfide) groups is 1. The Labute approximate surface area is 68.8 Å². The maximum Gasteiger partial charge on any atom is 0.353 e. The lowest BCUT2D eigenvalue weighted by Crippen LogP contribution is -2.01. The Morgan fingerprint density at radius 3 is 2.36 bits per heavy atom. The van der Waals surface area contributed by atoms with Gasteiger partial charge < -0.3 is 4.74 Å². The van der Waals surface area contributed by atoms with E-state index < -0.39 is 11.9 Å². The SMILES string of the molecule is CCC1=C(SC)C(=O)OC1=O. The van der Waals surface area contributed by atoms with Gasteiger partial charge in [0.1, 0.15) is 4.91 Å². The number of cyclic esters (lactones) is 2. The summed E-state index contributed by atoms with van der Waals surface area (Å²) in [6, 6.07) is 0. The van der Waals surface area contributed by atoms with Crippen molar-refractivity contribution in [3.05, 3.63) is 10.5 Å². The predicted molar refractivity (Wildman–Crippen MR) is 41.9 cm³/mol. The van der Waals surface area contributed by atoms with E-state index in [4.69, 9.17) is 0 Å². The van der Waals surface area contributed by atoms with Crippen molar-refractivity contribution in [3.8, 4) is 0 Å².